The SMILES string of the molecule is CCc1cccc(NC(N)=NCCc2cc(F)cc(F)c2)c1.I. The minimum Gasteiger partial charge on any atom is -0.370 e. The molecule has 3 nitrogen and oxygen atoms in total. The van der Waals surface area contributed by atoms with Gasteiger partial charge in [-0.2, -0.15) is 0 Å². The summed E-state index contributed by atoms with van der Waals surface area (Å²) < 4.78 is 26.1. The lowest BCUT2D eigenvalue weighted by Gasteiger charge is -2.07. The molecule has 0 atom stereocenters. The van der Waals surface area contributed by atoms with Crippen molar-refractivity contribution in [3.8, 4) is 0 Å². The van der Waals surface area contributed by atoms with Crippen molar-refractivity contribution in [1.29, 1.82) is 0 Å². The number of nitrogens with two attached hydrogens (primary N) is 1. The maximum absolute atomic E-state index is 13.1. The van der Waals surface area contributed by atoms with E-state index in [1.54, 1.807) is 0 Å². The van der Waals surface area contributed by atoms with Crippen molar-refractivity contribution in [3.05, 3.63) is 65.2 Å². The fraction of sp³-hybridized carbons (Fsp3) is 0.235. The highest BCUT2D eigenvalue weighted by Gasteiger charge is 2.01. The lowest BCUT2D eigenvalue weighted by molar-refractivity contribution is 0.579. The van der Waals surface area contributed by atoms with Crippen molar-refractivity contribution in [2.75, 3.05) is 11.9 Å². The fourth-order valence-electron chi connectivity index (χ4n) is 2.12. The van der Waals surface area contributed by atoms with Crippen molar-refractivity contribution >= 4 is 35.6 Å². The molecule has 0 fully saturated rings. The van der Waals surface area contributed by atoms with E-state index in [0.29, 0.717) is 18.5 Å². The molecule has 6 heteroatoms. The number of hydrogen-bond acceptors (Lipinski definition) is 1. The summed E-state index contributed by atoms with van der Waals surface area (Å²) in [6, 6.07) is 11.3. The van der Waals surface area contributed by atoms with Crippen LogP contribution in [0.4, 0.5) is 14.5 Å². The van der Waals surface area contributed by atoms with Crippen LogP contribution >= 0.6 is 24.0 Å². The van der Waals surface area contributed by atoms with E-state index in [-0.39, 0.29) is 29.9 Å². The quantitative estimate of drug-likeness (QED) is 0.425. The summed E-state index contributed by atoms with van der Waals surface area (Å²) in [5.41, 5.74) is 8.44. The molecule has 2 rings (SSSR count). The summed E-state index contributed by atoms with van der Waals surface area (Å²) in [6.07, 6.45) is 1.36. The van der Waals surface area contributed by atoms with Crippen LogP contribution in [0.15, 0.2) is 47.5 Å². The van der Waals surface area contributed by atoms with Crippen molar-refractivity contribution in [2.24, 2.45) is 10.7 Å². The van der Waals surface area contributed by atoms with Gasteiger partial charge in [-0.25, -0.2) is 8.78 Å². The van der Waals surface area contributed by atoms with Crippen LogP contribution in [0.2, 0.25) is 0 Å². The summed E-state index contributed by atoms with van der Waals surface area (Å²) in [5, 5.41) is 3.01. The van der Waals surface area contributed by atoms with E-state index in [2.05, 4.69) is 17.2 Å². The van der Waals surface area contributed by atoms with E-state index in [1.165, 1.54) is 17.7 Å². The number of rotatable bonds is 5. The molecule has 3 N–H and O–H groups in total. The predicted molar refractivity (Wildman–Crippen MR) is 101 cm³/mol. The van der Waals surface area contributed by atoms with Gasteiger partial charge in [0.2, 0.25) is 0 Å². The number of halogens is 3. The molecule has 0 amide bonds. The first kappa shape index (κ1) is 19.3. The lowest BCUT2D eigenvalue weighted by Crippen LogP contribution is -2.23. The number of aliphatic imine (C=N–C) groups is 1. The van der Waals surface area contributed by atoms with E-state index >= 15 is 0 Å². The van der Waals surface area contributed by atoms with Crippen molar-refractivity contribution < 1.29 is 8.78 Å². The van der Waals surface area contributed by atoms with Gasteiger partial charge in [-0.1, -0.05) is 19.1 Å². The Morgan fingerprint density at radius 2 is 1.78 bits per heavy atom. The zero-order valence-corrected chi connectivity index (χ0v) is 15.2. The molecule has 2 aromatic carbocycles. The molecule has 0 spiro atoms. The molecule has 23 heavy (non-hydrogen) atoms. The van der Waals surface area contributed by atoms with Crippen LogP contribution in [0.5, 0.6) is 0 Å². The van der Waals surface area contributed by atoms with Crippen molar-refractivity contribution in [1.82, 2.24) is 0 Å². The number of benzene rings is 2. The summed E-state index contributed by atoms with van der Waals surface area (Å²) in [5.74, 6) is -0.881. The number of anilines is 1. The van der Waals surface area contributed by atoms with E-state index in [4.69, 9.17) is 5.73 Å². The van der Waals surface area contributed by atoms with Crippen molar-refractivity contribution in [2.45, 2.75) is 19.8 Å². The van der Waals surface area contributed by atoms with Crippen LogP contribution in [-0.4, -0.2) is 12.5 Å². The number of nitrogens with one attached hydrogen (secondary N) is 1. The number of guanidine groups is 1. The number of hydrogen-bond donors (Lipinski definition) is 2. The molecule has 0 saturated carbocycles. The maximum atomic E-state index is 13.1. The molecule has 0 radical (unpaired) electrons. The van der Waals surface area contributed by atoms with Crippen LogP contribution in [0.1, 0.15) is 18.1 Å². The Labute approximate surface area is 152 Å². The molecule has 0 aliphatic heterocycles. The smallest absolute Gasteiger partial charge is 0.193 e. The van der Waals surface area contributed by atoms with E-state index in [1.807, 2.05) is 24.3 Å². The Morgan fingerprint density at radius 1 is 1.09 bits per heavy atom. The van der Waals surface area contributed by atoms with Gasteiger partial charge in [-0.3, -0.25) is 4.99 Å². The first-order chi connectivity index (χ1) is 10.6. The Balaban J connectivity index is 0.00000264. The van der Waals surface area contributed by atoms with Gasteiger partial charge >= 0.3 is 0 Å². The summed E-state index contributed by atoms with van der Waals surface area (Å²) in [6.45, 7) is 2.43. The van der Waals surface area contributed by atoms with Crippen LogP contribution < -0.4 is 11.1 Å². The second kappa shape index (κ2) is 9.44. The topological polar surface area (TPSA) is 50.4 Å². The molecule has 124 valence electrons. The zero-order chi connectivity index (χ0) is 15.9. The first-order valence-corrected chi connectivity index (χ1v) is 7.17. The molecule has 0 saturated heterocycles. The highest BCUT2D eigenvalue weighted by atomic mass is 127. The molecule has 0 heterocycles. The van der Waals surface area contributed by atoms with Crippen LogP contribution in [0, 0.1) is 11.6 Å². The summed E-state index contributed by atoms with van der Waals surface area (Å²) in [7, 11) is 0. The average molecular weight is 431 g/mol. The van der Waals surface area contributed by atoms with Gasteiger partial charge in [-0.15, -0.1) is 24.0 Å². The Hall–Kier alpha value is -1.70. The van der Waals surface area contributed by atoms with Gasteiger partial charge in [0.25, 0.3) is 0 Å². The standard InChI is InChI=1S/C17H19F2N3.HI/c1-2-12-4-3-5-16(10-12)22-17(20)21-7-6-13-8-14(18)11-15(19)9-13;/h3-5,8-11H,2,6-7H2,1H3,(H3,20,21,22);1H. The zero-order valence-electron chi connectivity index (χ0n) is 12.9. The largest absolute Gasteiger partial charge is 0.370 e. The summed E-state index contributed by atoms with van der Waals surface area (Å²) >= 11 is 0. The third-order valence-electron chi connectivity index (χ3n) is 3.21. The average Bonchev–Trinajstić information content (AvgIpc) is 2.46. The molecular formula is C17H20F2IN3. The molecule has 0 bridgehead atoms. The molecule has 0 unspecified atom stereocenters. The third kappa shape index (κ3) is 6.52. The molecule has 2 aromatic rings. The van der Waals surface area contributed by atoms with E-state index < -0.39 is 11.6 Å². The van der Waals surface area contributed by atoms with Crippen LogP contribution in [0.25, 0.3) is 0 Å². The minimum absolute atomic E-state index is 0. The van der Waals surface area contributed by atoms with Gasteiger partial charge in [0.15, 0.2) is 5.96 Å². The van der Waals surface area contributed by atoms with E-state index in [9.17, 15) is 8.78 Å². The first-order valence-electron chi connectivity index (χ1n) is 7.17. The Kier molecular flexibility index (Phi) is 7.94. The van der Waals surface area contributed by atoms with Crippen molar-refractivity contribution in [3.63, 3.8) is 0 Å². The second-order valence-electron chi connectivity index (χ2n) is 4.97. The maximum Gasteiger partial charge on any atom is 0.193 e. The molecule has 0 aromatic heterocycles. The summed E-state index contributed by atoms with van der Waals surface area (Å²) in [4.78, 5) is 4.17. The third-order valence-corrected chi connectivity index (χ3v) is 3.21. The van der Waals surface area contributed by atoms with Gasteiger partial charge in [-0.05, 0) is 48.2 Å². The number of nitrogens with zero attached hydrogens (tertiary/aromatic N) is 1. The lowest BCUT2D eigenvalue weighted by atomic mass is 10.1. The molecule has 0 aliphatic carbocycles. The second-order valence-corrected chi connectivity index (χ2v) is 4.97. The Morgan fingerprint density at radius 3 is 2.43 bits per heavy atom. The number of aryl methyl sites for hydroxylation is 1. The Bertz CT molecular complexity index is 654. The molecular weight excluding hydrogens is 411 g/mol. The van der Waals surface area contributed by atoms with Crippen LogP contribution in [-0.2, 0) is 12.8 Å². The van der Waals surface area contributed by atoms with Gasteiger partial charge < -0.3 is 11.1 Å². The van der Waals surface area contributed by atoms with Gasteiger partial charge in [0, 0.05) is 18.3 Å². The molecule has 0 aliphatic rings. The van der Waals surface area contributed by atoms with Crippen LogP contribution in [0.3, 0.4) is 0 Å². The highest BCUT2D eigenvalue weighted by molar-refractivity contribution is 14.0. The fourth-order valence-corrected chi connectivity index (χ4v) is 2.12. The van der Waals surface area contributed by atoms with Gasteiger partial charge in [0.05, 0.1) is 0 Å². The highest BCUT2D eigenvalue weighted by Crippen LogP contribution is 2.11. The normalized spacial score (nSPS) is 11.0. The minimum atomic E-state index is -0.582. The monoisotopic (exact) mass is 431 g/mol. The predicted octanol–water partition coefficient (Wildman–Crippen LogP) is 4.11. The van der Waals surface area contributed by atoms with Gasteiger partial charge in [0.1, 0.15) is 11.6 Å². The van der Waals surface area contributed by atoms with E-state index in [0.717, 1.165) is 18.2 Å².